The molecule has 2 heteroatoms. The molecule has 3 unspecified atom stereocenters. The minimum Gasteiger partial charge on any atom is -0.497 e. The SMILES string of the molecule is CCC1CCCC(C(N)CCc2ccc(OC)cc2)C1. The smallest absolute Gasteiger partial charge is 0.118 e. The Kier molecular flexibility index (Phi) is 5.90. The van der Waals surface area contributed by atoms with Gasteiger partial charge in [0.1, 0.15) is 5.75 Å². The van der Waals surface area contributed by atoms with Crippen molar-refractivity contribution in [3.63, 3.8) is 0 Å². The van der Waals surface area contributed by atoms with Gasteiger partial charge in [-0.2, -0.15) is 0 Å². The van der Waals surface area contributed by atoms with Gasteiger partial charge >= 0.3 is 0 Å². The maximum Gasteiger partial charge on any atom is 0.118 e. The number of hydrogen-bond acceptors (Lipinski definition) is 2. The lowest BCUT2D eigenvalue weighted by molar-refractivity contribution is 0.224. The predicted molar refractivity (Wildman–Crippen MR) is 85.0 cm³/mol. The van der Waals surface area contributed by atoms with Crippen molar-refractivity contribution < 1.29 is 4.74 Å². The Bertz CT molecular complexity index is 387. The number of nitrogens with two attached hydrogens (primary N) is 1. The Morgan fingerprint density at radius 3 is 2.65 bits per heavy atom. The minimum atomic E-state index is 0.367. The first-order chi connectivity index (χ1) is 9.72. The standard InChI is InChI=1S/C18H29NO/c1-3-14-5-4-6-16(13-14)18(19)12-9-15-7-10-17(20-2)11-8-15/h7-8,10-11,14,16,18H,3-6,9,12-13,19H2,1-2H3. The van der Waals surface area contributed by atoms with E-state index in [1.165, 1.54) is 37.7 Å². The van der Waals surface area contributed by atoms with Gasteiger partial charge in [-0.25, -0.2) is 0 Å². The van der Waals surface area contributed by atoms with Crippen molar-refractivity contribution in [3.05, 3.63) is 29.8 Å². The third-order valence-electron chi connectivity index (χ3n) is 4.93. The summed E-state index contributed by atoms with van der Waals surface area (Å²) in [5.41, 5.74) is 7.81. The van der Waals surface area contributed by atoms with E-state index >= 15 is 0 Å². The lowest BCUT2D eigenvalue weighted by Gasteiger charge is -2.32. The Balaban J connectivity index is 1.80. The highest BCUT2D eigenvalue weighted by Gasteiger charge is 2.25. The van der Waals surface area contributed by atoms with Gasteiger partial charge in [0, 0.05) is 6.04 Å². The van der Waals surface area contributed by atoms with Gasteiger partial charge in [0.2, 0.25) is 0 Å². The average Bonchev–Trinajstić information content (AvgIpc) is 2.53. The first kappa shape index (κ1) is 15.4. The first-order valence-corrected chi connectivity index (χ1v) is 8.11. The van der Waals surface area contributed by atoms with E-state index in [1.54, 1.807) is 7.11 Å². The van der Waals surface area contributed by atoms with E-state index < -0.39 is 0 Å². The van der Waals surface area contributed by atoms with E-state index in [0.717, 1.165) is 30.4 Å². The van der Waals surface area contributed by atoms with Crippen molar-refractivity contribution in [1.82, 2.24) is 0 Å². The van der Waals surface area contributed by atoms with Crippen LogP contribution in [-0.2, 0) is 6.42 Å². The predicted octanol–water partition coefficient (Wildman–Crippen LogP) is 4.17. The van der Waals surface area contributed by atoms with Crippen LogP contribution in [0, 0.1) is 11.8 Å². The van der Waals surface area contributed by atoms with Gasteiger partial charge in [-0.1, -0.05) is 38.3 Å². The van der Waals surface area contributed by atoms with E-state index in [4.69, 9.17) is 10.5 Å². The van der Waals surface area contributed by atoms with Gasteiger partial charge in [-0.15, -0.1) is 0 Å². The molecule has 0 heterocycles. The van der Waals surface area contributed by atoms with Gasteiger partial charge in [0.05, 0.1) is 7.11 Å². The van der Waals surface area contributed by atoms with Crippen molar-refractivity contribution in [2.24, 2.45) is 17.6 Å². The lowest BCUT2D eigenvalue weighted by atomic mass is 9.76. The Morgan fingerprint density at radius 1 is 1.25 bits per heavy atom. The van der Waals surface area contributed by atoms with Gasteiger partial charge < -0.3 is 10.5 Å². The summed E-state index contributed by atoms with van der Waals surface area (Å²) in [6.45, 7) is 2.32. The van der Waals surface area contributed by atoms with Crippen LogP contribution in [0.3, 0.4) is 0 Å². The maximum atomic E-state index is 6.44. The van der Waals surface area contributed by atoms with E-state index in [0.29, 0.717) is 6.04 Å². The first-order valence-electron chi connectivity index (χ1n) is 8.11. The van der Waals surface area contributed by atoms with Crippen molar-refractivity contribution in [3.8, 4) is 5.75 Å². The molecule has 2 nitrogen and oxygen atoms in total. The number of methoxy groups -OCH3 is 1. The van der Waals surface area contributed by atoms with E-state index in [9.17, 15) is 0 Å². The van der Waals surface area contributed by atoms with Crippen LogP contribution in [0.1, 0.15) is 51.0 Å². The van der Waals surface area contributed by atoms with Crippen LogP contribution < -0.4 is 10.5 Å². The maximum absolute atomic E-state index is 6.44. The molecule has 2 N–H and O–H groups in total. The largest absolute Gasteiger partial charge is 0.497 e. The van der Waals surface area contributed by atoms with Crippen LogP contribution in [0.4, 0.5) is 0 Å². The monoisotopic (exact) mass is 275 g/mol. The highest BCUT2D eigenvalue weighted by molar-refractivity contribution is 5.27. The number of aryl methyl sites for hydroxylation is 1. The van der Waals surface area contributed by atoms with Crippen LogP contribution in [0.15, 0.2) is 24.3 Å². The molecule has 2 rings (SSSR count). The summed E-state index contributed by atoms with van der Waals surface area (Å²) in [5, 5.41) is 0. The van der Waals surface area contributed by atoms with Crippen LogP contribution in [0.5, 0.6) is 5.75 Å². The summed E-state index contributed by atoms with van der Waals surface area (Å²) < 4.78 is 5.19. The zero-order chi connectivity index (χ0) is 14.4. The van der Waals surface area contributed by atoms with Crippen molar-refractivity contribution in [1.29, 1.82) is 0 Å². The molecule has 0 radical (unpaired) electrons. The quantitative estimate of drug-likeness (QED) is 0.845. The molecule has 20 heavy (non-hydrogen) atoms. The van der Waals surface area contributed by atoms with Crippen LogP contribution in [0.2, 0.25) is 0 Å². The highest BCUT2D eigenvalue weighted by atomic mass is 16.5. The molecule has 0 saturated heterocycles. The molecule has 1 aliphatic carbocycles. The Labute approximate surface area is 123 Å². The Morgan fingerprint density at radius 2 is 2.00 bits per heavy atom. The average molecular weight is 275 g/mol. The van der Waals surface area contributed by atoms with E-state index in [1.807, 2.05) is 12.1 Å². The van der Waals surface area contributed by atoms with Crippen LogP contribution in [0.25, 0.3) is 0 Å². The number of ether oxygens (including phenoxy) is 1. The normalized spacial score (nSPS) is 24.4. The van der Waals surface area contributed by atoms with Gasteiger partial charge in [-0.05, 0) is 55.2 Å². The second kappa shape index (κ2) is 7.68. The second-order valence-corrected chi connectivity index (χ2v) is 6.25. The third kappa shape index (κ3) is 4.24. The van der Waals surface area contributed by atoms with E-state index in [2.05, 4.69) is 19.1 Å². The number of hydrogen-bond donors (Lipinski definition) is 1. The second-order valence-electron chi connectivity index (χ2n) is 6.25. The fourth-order valence-electron chi connectivity index (χ4n) is 3.45. The lowest BCUT2D eigenvalue weighted by Crippen LogP contribution is -2.34. The summed E-state index contributed by atoms with van der Waals surface area (Å²) in [4.78, 5) is 0. The fourth-order valence-corrected chi connectivity index (χ4v) is 3.45. The molecule has 112 valence electrons. The van der Waals surface area contributed by atoms with Crippen molar-refractivity contribution >= 4 is 0 Å². The Hall–Kier alpha value is -1.02. The summed E-state index contributed by atoms with van der Waals surface area (Å²) in [7, 11) is 1.71. The van der Waals surface area contributed by atoms with Crippen LogP contribution >= 0.6 is 0 Å². The minimum absolute atomic E-state index is 0.367. The third-order valence-corrected chi connectivity index (χ3v) is 4.93. The summed E-state index contributed by atoms with van der Waals surface area (Å²) in [6, 6.07) is 8.75. The molecule has 1 aromatic rings. The molecule has 1 aliphatic rings. The fraction of sp³-hybridized carbons (Fsp3) is 0.667. The molecular weight excluding hydrogens is 246 g/mol. The molecule has 0 spiro atoms. The zero-order valence-corrected chi connectivity index (χ0v) is 13.0. The van der Waals surface area contributed by atoms with Gasteiger partial charge in [-0.3, -0.25) is 0 Å². The van der Waals surface area contributed by atoms with Gasteiger partial charge in [0.25, 0.3) is 0 Å². The molecule has 1 saturated carbocycles. The van der Waals surface area contributed by atoms with Gasteiger partial charge in [0.15, 0.2) is 0 Å². The zero-order valence-electron chi connectivity index (χ0n) is 13.0. The van der Waals surface area contributed by atoms with Crippen LogP contribution in [-0.4, -0.2) is 13.2 Å². The summed E-state index contributed by atoms with van der Waals surface area (Å²) in [5.74, 6) is 2.59. The molecule has 1 fully saturated rings. The topological polar surface area (TPSA) is 35.2 Å². The molecule has 0 amide bonds. The van der Waals surface area contributed by atoms with Crippen molar-refractivity contribution in [2.45, 2.75) is 57.9 Å². The number of rotatable bonds is 6. The molecular formula is C18H29NO. The van der Waals surface area contributed by atoms with Crippen molar-refractivity contribution in [2.75, 3.05) is 7.11 Å². The summed E-state index contributed by atoms with van der Waals surface area (Å²) in [6.07, 6.45) is 8.98. The number of benzene rings is 1. The molecule has 1 aromatic carbocycles. The molecule has 0 aromatic heterocycles. The highest BCUT2D eigenvalue weighted by Crippen LogP contribution is 2.33. The summed E-state index contributed by atoms with van der Waals surface area (Å²) >= 11 is 0. The van der Waals surface area contributed by atoms with E-state index in [-0.39, 0.29) is 0 Å². The molecule has 0 bridgehead atoms. The molecule has 3 atom stereocenters. The molecule has 0 aliphatic heterocycles.